The molecule has 1 aromatic carbocycles. The normalized spacial score (nSPS) is 12.5. The van der Waals surface area contributed by atoms with E-state index in [0.29, 0.717) is 11.1 Å². The van der Waals surface area contributed by atoms with Gasteiger partial charge in [0.2, 0.25) is 0 Å². The van der Waals surface area contributed by atoms with Crippen molar-refractivity contribution in [1.29, 1.82) is 0 Å². The van der Waals surface area contributed by atoms with Gasteiger partial charge in [0, 0.05) is 12.2 Å². The highest BCUT2D eigenvalue weighted by Gasteiger charge is 2.09. The van der Waals surface area contributed by atoms with Gasteiger partial charge < -0.3 is 5.32 Å². The van der Waals surface area contributed by atoms with Gasteiger partial charge >= 0.3 is 0 Å². The van der Waals surface area contributed by atoms with Gasteiger partial charge in [-0.1, -0.05) is 49.7 Å². The molecule has 1 unspecified atom stereocenters. The van der Waals surface area contributed by atoms with Gasteiger partial charge in [0.25, 0.3) is 0 Å². The van der Waals surface area contributed by atoms with Gasteiger partial charge in [-0.15, -0.1) is 0 Å². The Morgan fingerprint density at radius 2 is 1.65 bits per heavy atom. The molecule has 0 bridgehead atoms. The molecular weight excluding hydrogens is 268 g/mol. The highest BCUT2D eigenvalue weighted by Crippen LogP contribution is 2.26. The first-order valence-corrected chi connectivity index (χ1v) is 7.33. The summed E-state index contributed by atoms with van der Waals surface area (Å²) < 4.78 is 0. The molecule has 0 aliphatic rings. The molecule has 106 valence electrons. The summed E-state index contributed by atoms with van der Waals surface area (Å²) in [4.78, 5) is 4.17. The maximum atomic E-state index is 6.12. The number of benzene rings is 1. The molecule has 2 rings (SSSR count). The van der Waals surface area contributed by atoms with Crippen molar-refractivity contribution < 1.29 is 0 Å². The quantitative estimate of drug-likeness (QED) is 0.768. The van der Waals surface area contributed by atoms with Crippen molar-refractivity contribution in [2.24, 2.45) is 0 Å². The third-order valence-corrected chi connectivity index (χ3v) is 3.75. The molecule has 20 heavy (non-hydrogen) atoms. The number of rotatable bonds is 4. The van der Waals surface area contributed by atoms with Crippen molar-refractivity contribution in [2.45, 2.75) is 39.7 Å². The molecule has 1 aromatic heterocycles. The summed E-state index contributed by atoms with van der Waals surface area (Å²) in [7, 11) is 0. The Kier molecular flexibility index (Phi) is 4.66. The molecule has 0 saturated carbocycles. The number of nitrogens with one attached hydrogen (secondary N) is 1. The minimum Gasteiger partial charge on any atom is -0.376 e. The fourth-order valence-electron chi connectivity index (χ4n) is 2.14. The fraction of sp³-hybridized carbons (Fsp3) is 0.353. The van der Waals surface area contributed by atoms with Crippen LogP contribution in [-0.4, -0.2) is 4.98 Å². The predicted octanol–water partition coefficient (Wildman–Crippen LogP) is 5.34. The Morgan fingerprint density at radius 1 is 1.05 bits per heavy atom. The molecule has 1 atom stereocenters. The summed E-state index contributed by atoms with van der Waals surface area (Å²) in [5.74, 6) is 0.558. The maximum absolute atomic E-state index is 6.12. The standard InChI is InChI=1S/C17H21ClN2/c1-11(2)14-5-7-15(8-6-14)13(4)20-16-9-12(3)10-19-17(16)18/h5-11,13,20H,1-4H3. The molecule has 0 amide bonds. The Morgan fingerprint density at radius 3 is 2.25 bits per heavy atom. The molecule has 0 radical (unpaired) electrons. The molecule has 3 heteroatoms. The number of aryl methyl sites for hydroxylation is 1. The first-order valence-electron chi connectivity index (χ1n) is 6.96. The van der Waals surface area contributed by atoms with Gasteiger partial charge in [0.05, 0.1) is 5.69 Å². The SMILES string of the molecule is Cc1cnc(Cl)c(NC(C)c2ccc(C(C)C)cc2)c1. The van der Waals surface area contributed by atoms with E-state index in [2.05, 4.69) is 55.3 Å². The van der Waals surface area contributed by atoms with Crippen molar-refractivity contribution in [3.63, 3.8) is 0 Å². The number of nitrogens with zero attached hydrogens (tertiary/aromatic N) is 1. The van der Waals surface area contributed by atoms with Crippen LogP contribution in [0.3, 0.4) is 0 Å². The van der Waals surface area contributed by atoms with Crippen LogP contribution < -0.4 is 5.32 Å². The highest BCUT2D eigenvalue weighted by atomic mass is 35.5. The summed E-state index contributed by atoms with van der Waals surface area (Å²) in [5.41, 5.74) is 4.58. The highest BCUT2D eigenvalue weighted by molar-refractivity contribution is 6.31. The van der Waals surface area contributed by atoms with E-state index >= 15 is 0 Å². The van der Waals surface area contributed by atoms with E-state index < -0.39 is 0 Å². The number of halogens is 1. The third-order valence-electron chi connectivity index (χ3n) is 3.45. The van der Waals surface area contributed by atoms with Crippen LogP contribution in [0.4, 0.5) is 5.69 Å². The lowest BCUT2D eigenvalue weighted by Gasteiger charge is -2.17. The Balaban J connectivity index is 2.15. The number of pyridine rings is 1. The summed E-state index contributed by atoms with van der Waals surface area (Å²) in [5, 5.41) is 3.94. The summed E-state index contributed by atoms with van der Waals surface area (Å²) in [6.07, 6.45) is 1.77. The van der Waals surface area contributed by atoms with E-state index in [1.54, 1.807) is 6.20 Å². The van der Waals surface area contributed by atoms with Crippen molar-refractivity contribution in [3.05, 3.63) is 58.4 Å². The second-order valence-electron chi connectivity index (χ2n) is 5.54. The summed E-state index contributed by atoms with van der Waals surface area (Å²) in [6.45, 7) is 8.55. The zero-order chi connectivity index (χ0) is 14.7. The minimum atomic E-state index is 0.192. The maximum Gasteiger partial charge on any atom is 0.152 e. The Hall–Kier alpha value is -1.54. The Labute approximate surface area is 126 Å². The third kappa shape index (κ3) is 3.51. The molecule has 2 aromatic rings. The molecular formula is C17H21ClN2. The monoisotopic (exact) mass is 288 g/mol. The van der Waals surface area contributed by atoms with Crippen LogP contribution in [0.5, 0.6) is 0 Å². The van der Waals surface area contributed by atoms with Gasteiger partial charge in [-0.25, -0.2) is 4.98 Å². The predicted molar refractivity (Wildman–Crippen MR) is 86.6 cm³/mol. The van der Waals surface area contributed by atoms with Gasteiger partial charge in [-0.3, -0.25) is 0 Å². The second-order valence-corrected chi connectivity index (χ2v) is 5.90. The zero-order valence-electron chi connectivity index (χ0n) is 12.4. The number of anilines is 1. The van der Waals surface area contributed by atoms with E-state index in [4.69, 9.17) is 11.6 Å². The molecule has 1 heterocycles. The second kappa shape index (κ2) is 6.27. The summed E-state index contributed by atoms with van der Waals surface area (Å²) >= 11 is 6.12. The fourth-order valence-corrected chi connectivity index (χ4v) is 2.30. The van der Waals surface area contributed by atoms with Crippen LogP contribution in [0.25, 0.3) is 0 Å². The number of hydrogen-bond donors (Lipinski definition) is 1. The average molecular weight is 289 g/mol. The van der Waals surface area contributed by atoms with Gasteiger partial charge in [0.1, 0.15) is 0 Å². The van der Waals surface area contributed by atoms with Crippen LogP contribution >= 0.6 is 11.6 Å². The molecule has 0 aliphatic heterocycles. The van der Waals surface area contributed by atoms with Gasteiger partial charge in [-0.05, 0) is 42.5 Å². The molecule has 2 nitrogen and oxygen atoms in total. The summed E-state index contributed by atoms with van der Waals surface area (Å²) in [6, 6.07) is 10.9. The van der Waals surface area contributed by atoms with Crippen molar-refractivity contribution >= 4 is 17.3 Å². The van der Waals surface area contributed by atoms with Crippen molar-refractivity contribution in [1.82, 2.24) is 4.98 Å². The van der Waals surface area contributed by atoms with E-state index in [1.165, 1.54) is 11.1 Å². The van der Waals surface area contributed by atoms with E-state index in [-0.39, 0.29) is 6.04 Å². The first kappa shape index (κ1) is 14.9. The van der Waals surface area contributed by atoms with Gasteiger partial charge in [0.15, 0.2) is 5.15 Å². The largest absolute Gasteiger partial charge is 0.376 e. The molecule has 1 N–H and O–H groups in total. The van der Waals surface area contributed by atoms with Crippen molar-refractivity contribution in [2.75, 3.05) is 5.32 Å². The van der Waals surface area contributed by atoms with Crippen molar-refractivity contribution in [3.8, 4) is 0 Å². The van der Waals surface area contributed by atoms with Crippen LogP contribution in [0, 0.1) is 6.92 Å². The Bertz CT molecular complexity index is 576. The first-order chi connectivity index (χ1) is 9.47. The zero-order valence-corrected chi connectivity index (χ0v) is 13.2. The average Bonchev–Trinajstić information content (AvgIpc) is 2.43. The molecule has 0 fully saturated rings. The molecule has 0 saturated heterocycles. The van der Waals surface area contributed by atoms with Gasteiger partial charge in [-0.2, -0.15) is 0 Å². The van der Waals surface area contributed by atoms with Crippen LogP contribution in [0.15, 0.2) is 36.5 Å². The number of aromatic nitrogens is 1. The smallest absolute Gasteiger partial charge is 0.152 e. The molecule has 0 spiro atoms. The minimum absolute atomic E-state index is 0.192. The van der Waals surface area contributed by atoms with Crippen LogP contribution in [0.1, 0.15) is 49.4 Å². The lowest BCUT2D eigenvalue weighted by Crippen LogP contribution is -2.07. The van der Waals surface area contributed by atoms with E-state index in [9.17, 15) is 0 Å². The topological polar surface area (TPSA) is 24.9 Å². The lowest BCUT2D eigenvalue weighted by atomic mass is 9.99. The van der Waals surface area contributed by atoms with Crippen LogP contribution in [-0.2, 0) is 0 Å². The molecule has 0 aliphatic carbocycles. The van der Waals surface area contributed by atoms with E-state index in [0.717, 1.165) is 11.3 Å². The van der Waals surface area contributed by atoms with E-state index in [1.807, 2.05) is 13.0 Å². The lowest BCUT2D eigenvalue weighted by molar-refractivity contribution is 0.851. The number of hydrogen-bond acceptors (Lipinski definition) is 2. The van der Waals surface area contributed by atoms with Crippen LogP contribution in [0.2, 0.25) is 5.15 Å².